The lowest BCUT2D eigenvalue weighted by atomic mass is 10.0. The molecule has 18 heavy (non-hydrogen) atoms. The number of fused-ring (bicyclic) bond motifs is 1. The molecule has 3 nitrogen and oxygen atoms in total. The van der Waals surface area contributed by atoms with E-state index in [0.29, 0.717) is 19.4 Å². The van der Waals surface area contributed by atoms with E-state index in [1.165, 1.54) is 12.0 Å². The van der Waals surface area contributed by atoms with Crippen molar-refractivity contribution in [1.82, 2.24) is 0 Å². The Morgan fingerprint density at radius 3 is 3.11 bits per heavy atom. The van der Waals surface area contributed by atoms with Crippen molar-refractivity contribution in [3.63, 3.8) is 0 Å². The number of rotatable bonds is 4. The molecule has 2 rings (SSSR count). The third kappa shape index (κ3) is 3.25. The quantitative estimate of drug-likeness (QED) is 0.769. The highest BCUT2D eigenvalue weighted by Gasteiger charge is 2.14. The Kier molecular flexibility index (Phi) is 4.62. The van der Waals surface area contributed by atoms with Crippen molar-refractivity contribution < 1.29 is 14.3 Å². The standard InChI is InChI=1S/C15H20O3/c1-2-17-14(16)10-9-13-8-5-7-12-6-3-4-11-18-15(12)13/h5,7-8H,2-4,6,9-11H2,1H3. The molecular weight excluding hydrogens is 228 g/mol. The van der Waals surface area contributed by atoms with Gasteiger partial charge >= 0.3 is 5.97 Å². The zero-order chi connectivity index (χ0) is 12.8. The van der Waals surface area contributed by atoms with Gasteiger partial charge in [0.1, 0.15) is 5.75 Å². The number of ether oxygens (including phenoxy) is 2. The van der Waals surface area contributed by atoms with E-state index in [0.717, 1.165) is 30.8 Å². The first-order valence-electron chi connectivity index (χ1n) is 6.70. The van der Waals surface area contributed by atoms with Gasteiger partial charge in [0, 0.05) is 6.42 Å². The molecule has 1 aromatic rings. The third-order valence-electron chi connectivity index (χ3n) is 3.17. The molecule has 1 aliphatic rings. The van der Waals surface area contributed by atoms with Gasteiger partial charge in [0.2, 0.25) is 0 Å². The highest BCUT2D eigenvalue weighted by atomic mass is 16.5. The molecule has 0 aromatic heterocycles. The van der Waals surface area contributed by atoms with E-state index in [1.54, 1.807) is 0 Å². The molecule has 0 fully saturated rings. The fourth-order valence-corrected chi connectivity index (χ4v) is 2.28. The third-order valence-corrected chi connectivity index (χ3v) is 3.17. The molecule has 0 radical (unpaired) electrons. The van der Waals surface area contributed by atoms with Crippen molar-refractivity contribution in [3.05, 3.63) is 29.3 Å². The van der Waals surface area contributed by atoms with E-state index in [4.69, 9.17) is 9.47 Å². The van der Waals surface area contributed by atoms with Crippen molar-refractivity contribution in [3.8, 4) is 5.75 Å². The van der Waals surface area contributed by atoms with Crippen LogP contribution in [0.3, 0.4) is 0 Å². The molecule has 1 aromatic carbocycles. The summed E-state index contributed by atoms with van der Waals surface area (Å²) in [5.41, 5.74) is 2.40. The van der Waals surface area contributed by atoms with E-state index >= 15 is 0 Å². The maximum Gasteiger partial charge on any atom is 0.306 e. The number of esters is 1. The van der Waals surface area contributed by atoms with E-state index in [-0.39, 0.29) is 5.97 Å². The number of hydrogen-bond acceptors (Lipinski definition) is 3. The lowest BCUT2D eigenvalue weighted by Gasteiger charge is -2.12. The minimum absolute atomic E-state index is 0.135. The average molecular weight is 248 g/mol. The van der Waals surface area contributed by atoms with Crippen molar-refractivity contribution in [2.24, 2.45) is 0 Å². The normalized spacial score (nSPS) is 14.3. The molecule has 0 saturated heterocycles. The van der Waals surface area contributed by atoms with E-state index in [2.05, 4.69) is 6.07 Å². The molecule has 0 bridgehead atoms. The number of hydrogen-bond donors (Lipinski definition) is 0. The first-order chi connectivity index (χ1) is 8.81. The second-order valence-corrected chi connectivity index (χ2v) is 4.52. The molecule has 0 N–H and O–H groups in total. The van der Waals surface area contributed by atoms with E-state index in [1.807, 2.05) is 19.1 Å². The SMILES string of the molecule is CCOC(=O)CCc1cccc2c1OCCCC2. The van der Waals surface area contributed by atoms with Gasteiger partial charge in [-0.1, -0.05) is 18.2 Å². The van der Waals surface area contributed by atoms with Crippen LogP contribution in [-0.2, 0) is 22.4 Å². The van der Waals surface area contributed by atoms with Crippen LogP contribution in [-0.4, -0.2) is 19.2 Å². The maximum absolute atomic E-state index is 11.4. The predicted octanol–water partition coefficient (Wildman–Crippen LogP) is 2.90. The topological polar surface area (TPSA) is 35.5 Å². The number of aryl methyl sites for hydroxylation is 2. The van der Waals surface area contributed by atoms with Gasteiger partial charge in [-0.25, -0.2) is 0 Å². The van der Waals surface area contributed by atoms with Gasteiger partial charge in [0.05, 0.1) is 13.2 Å². The van der Waals surface area contributed by atoms with Crippen molar-refractivity contribution in [2.45, 2.75) is 39.0 Å². The monoisotopic (exact) mass is 248 g/mol. The van der Waals surface area contributed by atoms with Gasteiger partial charge in [-0.3, -0.25) is 4.79 Å². The van der Waals surface area contributed by atoms with Crippen molar-refractivity contribution in [1.29, 1.82) is 0 Å². The number of para-hydroxylation sites is 1. The van der Waals surface area contributed by atoms with Crippen LogP contribution in [0.25, 0.3) is 0 Å². The summed E-state index contributed by atoms with van der Waals surface area (Å²) in [6.07, 6.45) is 4.47. The number of benzene rings is 1. The summed E-state index contributed by atoms with van der Waals surface area (Å²) in [5.74, 6) is 0.864. The molecule has 1 aliphatic heterocycles. The Labute approximate surface area is 108 Å². The van der Waals surface area contributed by atoms with Crippen LogP contribution >= 0.6 is 0 Å². The number of carbonyl (C=O) groups is 1. The molecule has 0 atom stereocenters. The van der Waals surface area contributed by atoms with Crippen molar-refractivity contribution >= 4 is 5.97 Å². The largest absolute Gasteiger partial charge is 0.493 e. The van der Waals surface area contributed by atoms with Crippen LogP contribution in [0.2, 0.25) is 0 Å². The second kappa shape index (κ2) is 6.43. The average Bonchev–Trinajstić information content (AvgIpc) is 2.62. The molecular formula is C15H20O3. The van der Waals surface area contributed by atoms with E-state index in [9.17, 15) is 4.79 Å². The van der Waals surface area contributed by atoms with Crippen molar-refractivity contribution in [2.75, 3.05) is 13.2 Å². The summed E-state index contributed by atoms with van der Waals surface area (Å²) < 4.78 is 10.8. The highest BCUT2D eigenvalue weighted by Crippen LogP contribution is 2.29. The zero-order valence-electron chi connectivity index (χ0n) is 10.9. The minimum Gasteiger partial charge on any atom is -0.493 e. The lowest BCUT2D eigenvalue weighted by Crippen LogP contribution is -2.06. The summed E-state index contributed by atoms with van der Waals surface area (Å²) in [4.78, 5) is 11.4. The summed E-state index contributed by atoms with van der Waals surface area (Å²) in [5, 5.41) is 0. The Balaban J connectivity index is 2.06. The Hall–Kier alpha value is -1.51. The van der Waals surface area contributed by atoms with E-state index < -0.39 is 0 Å². The lowest BCUT2D eigenvalue weighted by molar-refractivity contribution is -0.143. The van der Waals surface area contributed by atoms with Gasteiger partial charge in [0.25, 0.3) is 0 Å². The van der Waals surface area contributed by atoms with Crippen LogP contribution in [0.15, 0.2) is 18.2 Å². The van der Waals surface area contributed by atoms with Crippen LogP contribution < -0.4 is 4.74 Å². The second-order valence-electron chi connectivity index (χ2n) is 4.52. The fraction of sp³-hybridized carbons (Fsp3) is 0.533. The van der Waals surface area contributed by atoms with Gasteiger partial charge in [-0.2, -0.15) is 0 Å². The fourth-order valence-electron chi connectivity index (χ4n) is 2.28. The van der Waals surface area contributed by atoms with Gasteiger partial charge in [-0.15, -0.1) is 0 Å². The summed E-state index contributed by atoms with van der Waals surface area (Å²) in [7, 11) is 0. The van der Waals surface area contributed by atoms with Crippen LogP contribution in [0.4, 0.5) is 0 Å². The van der Waals surface area contributed by atoms with Gasteiger partial charge < -0.3 is 9.47 Å². The summed E-state index contributed by atoms with van der Waals surface area (Å²) >= 11 is 0. The maximum atomic E-state index is 11.4. The Bertz CT molecular complexity index is 412. The highest BCUT2D eigenvalue weighted by molar-refractivity contribution is 5.69. The minimum atomic E-state index is -0.135. The molecule has 0 amide bonds. The first kappa shape index (κ1) is 12.9. The molecule has 3 heteroatoms. The van der Waals surface area contributed by atoms with Crippen LogP contribution in [0, 0.1) is 0 Å². The molecule has 0 unspecified atom stereocenters. The smallest absolute Gasteiger partial charge is 0.306 e. The predicted molar refractivity (Wildman–Crippen MR) is 69.8 cm³/mol. The summed E-state index contributed by atoms with van der Waals surface area (Å²) in [6, 6.07) is 6.21. The molecule has 0 saturated carbocycles. The first-order valence-corrected chi connectivity index (χ1v) is 6.70. The van der Waals surface area contributed by atoms with Crippen LogP contribution in [0.1, 0.15) is 37.3 Å². The summed E-state index contributed by atoms with van der Waals surface area (Å²) in [6.45, 7) is 3.06. The molecule has 98 valence electrons. The molecule has 0 spiro atoms. The molecule has 1 heterocycles. The Morgan fingerprint density at radius 2 is 2.28 bits per heavy atom. The van der Waals surface area contributed by atoms with Crippen LogP contribution in [0.5, 0.6) is 5.75 Å². The molecule has 0 aliphatic carbocycles. The zero-order valence-corrected chi connectivity index (χ0v) is 10.9. The van der Waals surface area contributed by atoms with Gasteiger partial charge in [-0.05, 0) is 43.7 Å². The number of carbonyl (C=O) groups excluding carboxylic acids is 1. The Morgan fingerprint density at radius 1 is 1.39 bits per heavy atom. The van der Waals surface area contributed by atoms with Gasteiger partial charge in [0.15, 0.2) is 0 Å².